The molecule has 1 atom stereocenters. The van der Waals surface area contributed by atoms with Gasteiger partial charge in [0, 0.05) is 5.92 Å². The minimum Gasteiger partial charge on any atom is -0.478 e. The maximum absolute atomic E-state index is 11.9. The van der Waals surface area contributed by atoms with Gasteiger partial charge in [-0.15, -0.1) is 0 Å². The first kappa shape index (κ1) is 15.2. The van der Waals surface area contributed by atoms with Crippen molar-refractivity contribution in [2.75, 3.05) is 11.9 Å². The minimum absolute atomic E-state index is 0.111. The highest BCUT2D eigenvalue weighted by Crippen LogP contribution is 2.19. The molecule has 5 heteroatoms. The second-order valence-electron chi connectivity index (χ2n) is 4.68. The summed E-state index contributed by atoms with van der Waals surface area (Å²) >= 11 is 0. The van der Waals surface area contributed by atoms with E-state index in [0.29, 0.717) is 18.7 Å². The normalized spacial score (nSPS) is 11.9. The van der Waals surface area contributed by atoms with E-state index in [2.05, 4.69) is 5.32 Å². The molecule has 0 spiro atoms. The molecule has 1 aromatic carbocycles. The first-order valence-electron chi connectivity index (χ1n) is 6.30. The van der Waals surface area contributed by atoms with Crippen molar-refractivity contribution >= 4 is 17.6 Å². The van der Waals surface area contributed by atoms with Crippen LogP contribution in [-0.2, 0) is 4.79 Å². The van der Waals surface area contributed by atoms with Gasteiger partial charge in [0.1, 0.15) is 0 Å². The van der Waals surface area contributed by atoms with E-state index in [1.165, 1.54) is 0 Å². The lowest BCUT2D eigenvalue weighted by molar-refractivity contribution is -0.119. The Morgan fingerprint density at radius 2 is 2.11 bits per heavy atom. The Morgan fingerprint density at radius 1 is 1.42 bits per heavy atom. The largest absolute Gasteiger partial charge is 0.478 e. The van der Waals surface area contributed by atoms with Crippen LogP contribution in [0.25, 0.3) is 0 Å². The van der Waals surface area contributed by atoms with Gasteiger partial charge in [-0.2, -0.15) is 0 Å². The average Bonchev–Trinajstić information content (AvgIpc) is 2.37. The molecule has 0 aliphatic rings. The topological polar surface area (TPSA) is 92.4 Å². The molecule has 0 aromatic heterocycles. The molecule has 0 aliphatic carbocycles. The molecule has 0 saturated carbocycles. The lowest BCUT2D eigenvalue weighted by Crippen LogP contribution is -2.22. The monoisotopic (exact) mass is 264 g/mol. The van der Waals surface area contributed by atoms with E-state index in [1.807, 2.05) is 6.92 Å². The third-order valence-corrected chi connectivity index (χ3v) is 2.95. The first-order chi connectivity index (χ1) is 8.95. The Morgan fingerprint density at radius 3 is 2.68 bits per heavy atom. The van der Waals surface area contributed by atoms with Crippen molar-refractivity contribution in [3.05, 3.63) is 29.3 Å². The molecule has 1 unspecified atom stereocenters. The lowest BCUT2D eigenvalue weighted by Gasteiger charge is -2.13. The molecule has 0 heterocycles. The molecule has 0 aliphatic heterocycles. The van der Waals surface area contributed by atoms with Gasteiger partial charge in [-0.1, -0.05) is 18.6 Å². The van der Waals surface area contributed by atoms with Crippen LogP contribution in [-0.4, -0.2) is 23.5 Å². The molecule has 5 nitrogen and oxygen atoms in total. The van der Waals surface area contributed by atoms with Gasteiger partial charge in [-0.25, -0.2) is 4.79 Å². The van der Waals surface area contributed by atoms with Gasteiger partial charge >= 0.3 is 5.97 Å². The summed E-state index contributed by atoms with van der Waals surface area (Å²) in [7, 11) is 0. The molecule has 0 saturated heterocycles. The lowest BCUT2D eigenvalue weighted by atomic mass is 10.0. The predicted octanol–water partition coefficient (Wildman–Crippen LogP) is 2.01. The molecule has 0 bridgehead atoms. The van der Waals surface area contributed by atoms with Crippen LogP contribution in [0.3, 0.4) is 0 Å². The number of hydrogen-bond acceptors (Lipinski definition) is 3. The number of hydrogen-bond donors (Lipinski definition) is 3. The Hall–Kier alpha value is -1.88. The zero-order valence-electron chi connectivity index (χ0n) is 11.3. The van der Waals surface area contributed by atoms with E-state index < -0.39 is 5.97 Å². The number of benzene rings is 1. The maximum Gasteiger partial charge on any atom is 0.337 e. The van der Waals surface area contributed by atoms with E-state index in [4.69, 9.17) is 10.8 Å². The summed E-state index contributed by atoms with van der Waals surface area (Å²) in [5.74, 6) is -1.42. The van der Waals surface area contributed by atoms with Gasteiger partial charge in [0.2, 0.25) is 5.91 Å². The number of nitrogens with one attached hydrogen (secondary N) is 1. The van der Waals surface area contributed by atoms with Gasteiger partial charge in [0.15, 0.2) is 0 Å². The van der Waals surface area contributed by atoms with E-state index >= 15 is 0 Å². The van der Waals surface area contributed by atoms with Crippen LogP contribution in [0.2, 0.25) is 0 Å². The Kier molecular flexibility index (Phi) is 5.51. The number of carboxylic acid groups (broad SMARTS) is 1. The smallest absolute Gasteiger partial charge is 0.337 e. The van der Waals surface area contributed by atoms with Crippen molar-refractivity contribution in [1.29, 1.82) is 0 Å². The minimum atomic E-state index is -1.05. The Balaban J connectivity index is 2.81. The second-order valence-corrected chi connectivity index (χ2v) is 4.68. The zero-order chi connectivity index (χ0) is 14.4. The van der Waals surface area contributed by atoms with E-state index in [1.54, 1.807) is 25.1 Å². The van der Waals surface area contributed by atoms with Crippen LogP contribution in [0.1, 0.15) is 35.7 Å². The molecule has 104 valence electrons. The Labute approximate surface area is 112 Å². The average molecular weight is 264 g/mol. The Bertz CT molecular complexity index is 472. The highest BCUT2D eigenvalue weighted by Gasteiger charge is 2.16. The molecular weight excluding hydrogens is 244 g/mol. The van der Waals surface area contributed by atoms with Gasteiger partial charge < -0.3 is 16.2 Å². The summed E-state index contributed by atoms with van der Waals surface area (Å²) in [5, 5.41) is 11.8. The van der Waals surface area contributed by atoms with Crippen molar-refractivity contribution in [2.45, 2.75) is 26.7 Å². The fourth-order valence-electron chi connectivity index (χ4n) is 1.76. The molecular formula is C14H20N2O3. The summed E-state index contributed by atoms with van der Waals surface area (Å²) in [4.78, 5) is 23.1. The number of carbonyl (C=O) groups excluding carboxylic acids is 1. The first-order valence-corrected chi connectivity index (χ1v) is 6.30. The van der Waals surface area contributed by atoms with Crippen LogP contribution in [0.4, 0.5) is 5.69 Å². The molecule has 19 heavy (non-hydrogen) atoms. The van der Waals surface area contributed by atoms with Crippen molar-refractivity contribution < 1.29 is 14.7 Å². The van der Waals surface area contributed by atoms with Crippen molar-refractivity contribution in [2.24, 2.45) is 11.7 Å². The predicted molar refractivity (Wildman–Crippen MR) is 74.2 cm³/mol. The number of aromatic carboxylic acids is 1. The SMILES string of the molecule is Cc1ccc(NC(=O)C(C)CCCN)c(C(=O)O)c1. The third kappa shape index (κ3) is 4.37. The van der Waals surface area contributed by atoms with Gasteiger partial charge in [-0.3, -0.25) is 4.79 Å². The standard InChI is InChI=1S/C14H20N2O3/c1-9-5-6-12(11(8-9)14(18)19)16-13(17)10(2)4-3-7-15/h5-6,8,10H,3-4,7,15H2,1-2H3,(H,16,17)(H,18,19). The summed E-state index contributed by atoms with van der Waals surface area (Å²) in [5.41, 5.74) is 6.69. The van der Waals surface area contributed by atoms with Crippen LogP contribution in [0.15, 0.2) is 18.2 Å². The fraction of sp³-hybridized carbons (Fsp3) is 0.429. The van der Waals surface area contributed by atoms with Crippen molar-refractivity contribution in [3.63, 3.8) is 0 Å². The maximum atomic E-state index is 11.9. The van der Waals surface area contributed by atoms with Gasteiger partial charge in [0.25, 0.3) is 0 Å². The van der Waals surface area contributed by atoms with Gasteiger partial charge in [-0.05, 0) is 38.4 Å². The number of anilines is 1. The quantitative estimate of drug-likeness (QED) is 0.732. The molecule has 0 fully saturated rings. The van der Waals surface area contributed by atoms with Crippen LogP contribution in [0, 0.1) is 12.8 Å². The molecule has 4 N–H and O–H groups in total. The number of aryl methyl sites for hydroxylation is 1. The van der Waals surface area contributed by atoms with Gasteiger partial charge in [0.05, 0.1) is 11.3 Å². The van der Waals surface area contributed by atoms with Crippen LogP contribution >= 0.6 is 0 Å². The summed E-state index contributed by atoms with van der Waals surface area (Å²) in [6.45, 7) is 4.16. The second kappa shape index (κ2) is 6.89. The van der Waals surface area contributed by atoms with Crippen molar-refractivity contribution in [3.8, 4) is 0 Å². The van der Waals surface area contributed by atoms with Crippen LogP contribution in [0.5, 0.6) is 0 Å². The van der Waals surface area contributed by atoms with Crippen molar-refractivity contribution in [1.82, 2.24) is 0 Å². The third-order valence-electron chi connectivity index (χ3n) is 2.95. The molecule has 1 amide bonds. The fourth-order valence-corrected chi connectivity index (χ4v) is 1.76. The molecule has 0 radical (unpaired) electrons. The molecule has 1 rings (SSSR count). The molecule has 1 aromatic rings. The highest BCUT2D eigenvalue weighted by atomic mass is 16.4. The summed E-state index contributed by atoms with van der Waals surface area (Å²) in [6, 6.07) is 4.93. The number of rotatable bonds is 6. The summed E-state index contributed by atoms with van der Waals surface area (Å²) in [6.07, 6.45) is 1.46. The van der Waals surface area contributed by atoms with E-state index in [0.717, 1.165) is 12.0 Å². The zero-order valence-corrected chi connectivity index (χ0v) is 11.3. The van der Waals surface area contributed by atoms with Crippen LogP contribution < -0.4 is 11.1 Å². The summed E-state index contributed by atoms with van der Waals surface area (Å²) < 4.78 is 0. The number of carboxylic acids is 1. The van der Waals surface area contributed by atoms with E-state index in [9.17, 15) is 9.59 Å². The number of amides is 1. The number of nitrogens with two attached hydrogens (primary N) is 1. The van der Waals surface area contributed by atoms with E-state index in [-0.39, 0.29) is 17.4 Å². The number of carbonyl (C=O) groups is 2. The highest BCUT2D eigenvalue weighted by molar-refractivity contribution is 6.01.